The molecule has 0 saturated carbocycles. The summed E-state index contributed by atoms with van der Waals surface area (Å²) in [4.78, 5) is 15.6. The molecule has 0 amide bonds. The summed E-state index contributed by atoms with van der Waals surface area (Å²) < 4.78 is 2.26. The van der Waals surface area contributed by atoms with Gasteiger partial charge in [0.2, 0.25) is 5.95 Å². The highest BCUT2D eigenvalue weighted by Gasteiger charge is 2.47. The van der Waals surface area contributed by atoms with Crippen LogP contribution in [0.5, 0.6) is 0 Å². The summed E-state index contributed by atoms with van der Waals surface area (Å²) in [6.07, 6.45) is 0. The largest absolute Gasteiger partial charge is 0.278 e. The van der Waals surface area contributed by atoms with Crippen molar-refractivity contribution in [3.05, 3.63) is 229 Å². The van der Waals surface area contributed by atoms with Crippen LogP contribution in [0, 0.1) is 0 Å². The zero-order valence-corrected chi connectivity index (χ0v) is 30.4. The first-order valence-electron chi connectivity index (χ1n) is 19.0. The Morgan fingerprint density at radius 2 is 0.893 bits per heavy atom. The fourth-order valence-electron chi connectivity index (χ4n) is 8.96. The van der Waals surface area contributed by atoms with Gasteiger partial charge < -0.3 is 0 Å². The minimum atomic E-state index is -0.519. The van der Waals surface area contributed by atoms with Gasteiger partial charge in [0.1, 0.15) is 0 Å². The molecule has 0 spiro atoms. The summed E-state index contributed by atoms with van der Waals surface area (Å²) in [5, 5.41) is 2.33. The minimum Gasteiger partial charge on any atom is -0.278 e. The fourth-order valence-corrected chi connectivity index (χ4v) is 8.96. The van der Waals surface area contributed by atoms with Crippen molar-refractivity contribution in [2.24, 2.45) is 0 Å². The highest BCUT2D eigenvalue weighted by atomic mass is 15.2. The van der Waals surface area contributed by atoms with Gasteiger partial charge in [0.15, 0.2) is 11.6 Å². The van der Waals surface area contributed by atoms with E-state index < -0.39 is 5.41 Å². The first-order valence-corrected chi connectivity index (χ1v) is 19.0. The van der Waals surface area contributed by atoms with E-state index in [4.69, 9.17) is 15.0 Å². The van der Waals surface area contributed by atoms with Crippen molar-refractivity contribution in [3.63, 3.8) is 0 Å². The van der Waals surface area contributed by atoms with Crippen molar-refractivity contribution in [2.75, 3.05) is 0 Å². The van der Waals surface area contributed by atoms with Crippen LogP contribution >= 0.6 is 0 Å². The van der Waals surface area contributed by atoms with E-state index in [2.05, 4.69) is 174 Å². The van der Waals surface area contributed by atoms with Gasteiger partial charge >= 0.3 is 0 Å². The van der Waals surface area contributed by atoms with E-state index in [1.54, 1.807) is 0 Å². The molecule has 2 aromatic heterocycles. The van der Waals surface area contributed by atoms with E-state index in [0.29, 0.717) is 17.6 Å². The van der Waals surface area contributed by atoms with Crippen molar-refractivity contribution < 1.29 is 0 Å². The fraction of sp³-hybridized carbons (Fsp3) is 0.0192. The number of benzene rings is 8. The van der Waals surface area contributed by atoms with Gasteiger partial charge in [-0.1, -0.05) is 194 Å². The Bertz CT molecular complexity index is 2950. The first kappa shape index (κ1) is 32.0. The average Bonchev–Trinajstić information content (AvgIpc) is 3.78. The van der Waals surface area contributed by atoms with Gasteiger partial charge in [0.25, 0.3) is 0 Å². The monoisotopic (exact) mass is 714 g/mol. The molecule has 0 radical (unpaired) electrons. The maximum absolute atomic E-state index is 5.28. The van der Waals surface area contributed by atoms with Crippen LogP contribution in [-0.2, 0) is 5.41 Å². The third kappa shape index (κ3) is 4.83. The van der Waals surface area contributed by atoms with Gasteiger partial charge in [-0.05, 0) is 56.6 Å². The number of nitrogens with zero attached hydrogens (tertiary/aromatic N) is 4. The first-order chi connectivity index (χ1) is 27.8. The molecular formula is C52H34N4. The molecule has 0 unspecified atom stereocenters. The van der Waals surface area contributed by atoms with E-state index in [0.717, 1.165) is 38.7 Å². The van der Waals surface area contributed by atoms with E-state index in [9.17, 15) is 0 Å². The zero-order chi connectivity index (χ0) is 37.1. The Balaban J connectivity index is 1.29. The maximum Gasteiger partial charge on any atom is 0.238 e. The Labute approximate surface area is 325 Å². The summed E-state index contributed by atoms with van der Waals surface area (Å²) in [6.45, 7) is 0. The van der Waals surface area contributed by atoms with Gasteiger partial charge in [0, 0.05) is 21.9 Å². The van der Waals surface area contributed by atoms with Gasteiger partial charge in [0.05, 0.1) is 16.4 Å². The van der Waals surface area contributed by atoms with Crippen LogP contribution in [0.1, 0.15) is 22.3 Å². The van der Waals surface area contributed by atoms with E-state index in [1.165, 1.54) is 38.8 Å². The van der Waals surface area contributed by atoms with Crippen molar-refractivity contribution in [1.82, 2.24) is 19.5 Å². The zero-order valence-electron chi connectivity index (χ0n) is 30.4. The predicted molar refractivity (Wildman–Crippen MR) is 228 cm³/mol. The van der Waals surface area contributed by atoms with Gasteiger partial charge in [-0.3, -0.25) is 4.57 Å². The van der Waals surface area contributed by atoms with Crippen LogP contribution in [-0.4, -0.2) is 19.5 Å². The van der Waals surface area contributed by atoms with Crippen molar-refractivity contribution in [2.45, 2.75) is 5.41 Å². The molecule has 1 aliphatic rings. The van der Waals surface area contributed by atoms with Crippen LogP contribution in [0.2, 0.25) is 0 Å². The quantitative estimate of drug-likeness (QED) is 0.172. The predicted octanol–water partition coefficient (Wildman–Crippen LogP) is 12.3. The second kappa shape index (κ2) is 12.9. The summed E-state index contributed by atoms with van der Waals surface area (Å²) in [6, 6.07) is 73.4. The van der Waals surface area contributed by atoms with E-state index in [1.807, 2.05) is 36.4 Å². The third-order valence-corrected chi connectivity index (χ3v) is 11.3. The number of fused-ring (bicyclic) bond motifs is 7. The molecule has 8 aromatic carbocycles. The summed E-state index contributed by atoms with van der Waals surface area (Å²) in [7, 11) is 0. The minimum absolute atomic E-state index is 0.519. The SMILES string of the molecule is c1ccc(-c2ccc3c4c5c(ccc4n(-c4nc(-c6ccccc6)nc(-c6ccccc6)n4)c3c2)C(c2ccccc2)(c2ccccc2)c2ccccc2-5)cc1. The lowest BCUT2D eigenvalue weighted by atomic mass is 9.67. The topological polar surface area (TPSA) is 43.6 Å². The number of rotatable bonds is 6. The van der Waals surface area contributed by atoms with E-state index in [-0.39, 0.29) is 0 Å². The molecule has 2 heterocycles. The van der Waals surface area contributed by atoms with Crippen LogP contribution in [0.25, 0.3) is 72.8 Å². The molecule has 10 aromatic rings. The smallest absolute Gasteiger partial charge is 0.238 e. The number of hydrogen-bond donors (Lipinski definition) is 0. The van der Waals surface area contributed by atoms with Crippen molar-refractivity contribution in [3.8, 4) is 51.0 Å². The summed E-state index contributed by atoms with van der Waals surface area (Å²) in [5.74, 6) is 1.83. The van der Waals surface area contributed by atoms with Crippen molar-refractivity contribution in [1.29, 1.82) is 0 Å². The molecule has 0 fully saturated rings. The molecule has 1 aliphatic carbocycles. The van der Waals surface area contributed by atoms with Crippen LogP contribution < -0.4 is 0 Å². The molecule has 0 saturated heterocycles. The molecule has 0 atom stereocenters. The Kier molecular flexibility index (Phi) is 7.36. The number of aromatic nitrogens is 4. The van der Waals surface area contributed by atoms with Gasteiger partial charge in [-0.2, -0.15) is 9.97 Å². The Morgan fingerprint density at radius 3 is 1.48 bits per heavy atom. The second-order valence-electron chi connectivity index (χ2n) is 14.4. The second-order valence-corrected chi connectivity index (χ2v) is 14.4. The highest BCUT2D eigenvalue weighted by molar-refractivity contribution is 6.18. The van der Waals surface area contributed by atoms with Gasteiger partial charge in [-0.25, -0.2) is 4.98 Å². The molecule has 262 valence electrons. The maximum atomic E-state index is 5.28. The molecule has 0 N–H and O–H groups in total. The normalized spacial score (nSPS) is 12.8. The van der Waals surface area contributed by atoms with Crippen LogP contribution in [0.4, 0.5) is 0 Å². The lowest BCUT2D eigenvalue weighted by Crippen LogP contribution is -2.28. The summed E-state index contributed by atoms with van der Waals surface area (Å²) >= 11 is 0. The lowest BCUT2D eigenvalue weighted by molar-refractivity contribution is 0.769. The molecule has 4 nitrogen and oxygen atoms in total. The van der Waals surface area contributed by atoms with E-state index >= 15 is 0 Å². The molecular weight excluding hydrogens is 681 g/mol. The number of hydrogen-bond acceptors (Lipinski definition) is 3. The Hall–Kier alpha value is -7.43. The average molecular weight is 715 g/mol. The molecule has 4 heteroatoms. The van der Waals surface area contributed by atoms with Gasteiger partial charge in [-0.15, -0.1) is 0 Å². The lowest BCUT2D eigenvalue weighted by Gasteiger charge is -2.33. The molecule has 56 heavy (non-hydrogen) atoms. The van der Waals surface area contributed by atoms with Crippen LogP contribution in [0.3, 0.4) is 0 Å². The molecule has 0 aliphatic heterocycles. The summed E-state index contributed by atoms with van der Waals surface area (Å²) in [5.41, 5.74) is 13.2. The molecule has 0 bridgehead atoms. The third-order valence-electron chi connectivity index (χ3n) is 11.3. The van der Waals surface area contributed by atoms with Crippen LogP contribution in [0.15, 0.2) is 206 Å². The highest BCUT2D eigenvalue weighted by Crippen LogP contribution is 2.58. The molecule has 11 rings (SSSR count). The standard InChI is InChI=1S/C52H34N4/c1-6-18-35(19-7-1)38-30-31-42-46(34-38)56(51-54-49(36-20-8-2-9-21-36)53-50(55-51)37-22-10-3-11-23-37)45-33-32-44-47(48(42)45)41-28-16-17-29-43(41)52(44,39-24-12-4-13-25-39)40-26-14-5-15-27-40/h1-34H. The van der Waals surface area contributed by atoms with Crippen molar-refractivity contribution >= 4 is 21.8 Å². The Morgan fingerprint density at radius 1 is 0.375 bits per heavy atom.